The number of hydrogen-bond acceptors (Lipinski definition) is 4. The zero-order chi connectivity index (χ0) is 14.7. The maximum Gasteiger partial charge on any atom is 0.117 e. The van der Waals surface area contributed by atoms with Crippen LogP contribution in [0, 0.1) is 0 Å². The predicted molar refractivity (Wildman–Crippen MR) is 84.7 cm³/mol. The number of furan rings is 1. The molecular formula is C17H19N3O. The van der Waals surface area contributed by atoms with Crippen LogP contribution in [0.1, 0.15) is 18.2 Å². The second-order valence-corrected chi connectivity index (χ2v) is 5.10. The van der Waals surface area contributed by atoms with Crippen molar-refractivity contribution in [3.8, 4) is 0 Å². The molecule has 0 saturated carbocycles. The molecule has 108 valence electrons. The molecule has 3 aromatic rings. The van der Waals surface area contributed by atoms with Gasteiger partial charge in [0.05, 0.1) is 18.3 Å². The van der Waals surface area contributed by atoms with Crippen molar-refractivity contribution in [3.63, 3.8) is 0 Å². The summed E-state index contributed by atoms with van der Waals surface area (Å²) in [5.74, 6) is 0.976. The number of anilines is 1. The molecule has 0 aliphatic carbocycles. The van der Waals surface area contributed by atoms with Crippen LogP contribution in [0.15, 0.2) is 53.3 Å². The fraction of sp³-hybridized carbons (Fsp3) is 0.235. The minimum absolute atomic E-state index is 0.774. The molecule has 0 unspecified atom stereocenters. The monoisotopic (exact) mass is 281 g/mol. The Labute approximate surface area is 124 Å². The van der Waals surface area contributed by atoms with Crippen molar-refractivity contribution in [2.45, 2.75) is 20.0 Å². The zero-order valence-electron chi connectivity index (χ0n) is 12.1. The third-order valence-corrected chi connectivity index (χ3v) is 3.69. The van der Waals surface area contributed by atoms with Gasteiger partial charge in [0.2, 0.25) is 0 Å². The third kappa shape index (κ3) is 2.90. The minimum atomic E-state index is 0.774. The van der Waals surface area contributed by atoms with Crippen LogP contribution in [-0.4, -0.2) is 16.4 Å². The first kappa shape index (κ1) is 13.6. The van der Waals surface area contributed by atoms with E-state index in [-0.39, 0.29) is 0 Å². The van der Waals surface area contributed by atoms with Gasteiger partial charge in [-0.15, -0.1) is 0 Å². The van der Waals surface area contributed by atoms with E-state index in [1.807, 2.05) is 36.5 Å². The predicted octanol–water partition coefficient (Wildman–Crippen LogP) is 3.43. The maximum absolute atomic E-state index is 6.03. The Bertz CT molecular complexity index is 722. The second kappa shape index (κ2) is 5.97. The normalized spacial score (nSPS) is 11.3. The number of fused-ring (bicyclic) bond motifs is 1. The van der Waals surface area contributed by atoms with E-state index in [2.05, 4.69) is 22.9 Å². The highest BCUT2D eigenvalue weighted by Crippen LogP contribution is 2.24. The average Bonchev–Trinajstić information content (AvgIpc) is 3.02. The molecule has 2 aromatic heterocycles. The van der Waals surface area contributed by atoms with Gasteiger partial charge in [-0.05, 0) is 42.4 Å². The van der Waals surface area contributed by atoms with E-state index in [9.17, 15) is 0 Å². The number of nitrogens with two attached hydrogens (primary N) is 1. The summed E-state index contributed by atoms with van der Waals surface area (Å²) in [5.41, 5.74) is 8.97. The first-order valence-electron chi connectivity index (χ1n) is 7.14. The number of nitrogens with zero attached hydrogens (tertiary/aromatic N) is 2. The number of benzene rings is 1. The molecule has 21 heavy (non-hydrogen) atoms. The van der Waals surface area contributed by atoms with Gasteiger partial charge >= 0.3 is 0 Å². The second-order valence-electron chi connectivity index (χ2n) is 5.10. The van der Waals surface area contributed by atoms with Gasteiger partial charge < -0.3 is 10.2 Å². The number of rotatable bonds is 5. The van der Waals surface area contributed by atoms with Crippen LogP contribution in [-0.2, 0) is 13.1 Å². The first-order chi connectivity index (χ1) is 10.3. The third-order valence-electron chi connectivity index (χ3n) is 3.69. The van der Waals surface area contributed by atoms with Crippen LogP contribution < -0.4 is 5.73 Å². The Balaban J connectivity index is 1.88. The Kier molecular flexibility index (Phi) is 3.88. The summed E-state index contributed by atoms with van der Waals surface area (Å²) >= 11 is 0. The SMILES string of the molecule is CCN(Cc1ccco1)Cc1ccc(N)c2cccnc12. The molecule has 0 amide bonds. The highest BCUT2D eigenvalue weighted by atomic mass is 16.3. The summed E-state index contributed by atoms with van der Waals surface area (Å²) in [5, 5.41) is 1.02. The maximum atomic E-state index is 6.03. The van der Waals surface area contributed by atoms with E-state index in [1.165, 1.54) is 5.56 Å². The summed E-state index contributed by atoms with van der Waals surface area (Å²) in [6, 6.07) is 11.9. The number of nitrogen functional groups attached to an aromatic ring is 1. The highest BCUT2D eigenvalue weighted by Gasteiger charge is 2.11. The van der Waals surface area contributed by atoms with Crippen molar-refractivity contribution in [2.75, 3.05) is 12.3 Å². The highest BCUT2D eigenvalue weighted by molar-refractivity contribution is 5.92. The fourth-order valence-corrected chi connectivity index (χ4v) is 2.52. The Morgan fingerprint density at radius 1 is 1.14 bits per heavy atom. The van der Waals surface area contributed by atoms with Gasteiger partial charge in [0.1, 0.15) is 5.76 Å². The van der Waals surface area contributed by atoms with E-state index in [1.54, 1.807) is 6.26 Å². The molecule has 2 heterocycles. The number of pyridine rings is 1. The molecule has 0 spiro atoms. The van der Waals surface area contributed by atoms with Crippen LogP contribution in [0.25, 0.3) is 10.9 Å². The lowest BCUT2D eigenvalue weighted by molar-refractivity contribution is 0.248. The number of aromatic nitrogens is 1. The van der Waals surface area contributed by atoms with Crippen LogP contribution in [0.3, 0.4) is 0 Å². The van der Waals surface area contributed by atoms with Gasteiger partial charge in [-0.3, -0.25) is 9.88 Å². The van der Waals surface area contributed by atoms with Gasteiger partial charge in [-0.25, -0.2) is 0 Å². The van der Waals surface area contributed by atoms with Crippen LogP contribution >= 0.6 is 0 Å². The van der Waals surface area contributed by atoms with Gasteiger partial charge in [0.15, 0.2) is 0 Å². The summed E-state index contributed by atoms with van der Waals surface area (Å²) in [7, 11) is 0. The molecule has 0 saturated heterocycles. The molecular weight excluding hydrogens is 262 g/mol. The van der Waals surface area contributed by atoms with E-state index >= 15 is 0 Å². The van der Waals surface area contributed by atoms with Crippen molar-refractivity contribution >= 4 is 16.6 Å². The molecule has 3 rings (SSSR count). The largest absolute Gasteiger partial charge is 0.468 e. The van der Waals surface area contributed by atoms with Crippen molar-refractivity contribution < 1.29 is 4.42 Å². The van der Waals surface area contributed by atoms with Crippen LogP contribution in [0.2, 0.25) is 0 Å². The van der Waals surface area contributed by atoms with Crippen molar-refractivity contribution in [3.05, 3.63) is 60.2 Å². The molecule has 0 bridgehead atoms. The topological polar surface area (TPSA) is 55.3 Å². The molecule has 0 aliphatic heterocycles. The minimum Gasteiger partial charge on any atom is -0.468 e. The lowest BCUT2D eigenvalue weighted by Gasteiger charge is -2.20. The molecule has 0 fully saturated rings. The van der Waals surface area contributed by atoms with Crippen LogP contribution in [0.4, 0.5) is 5.69 Å². The molecule has 0 radical (unpaired) electrons. The Morgan fingerprint density at radius 3 is 2.81 bits per heavy atom. The van der Waals surface area contributed by atoms with E-state index in [0.717, 1.165) is 42.0 Å². The zero-order valence-corrected chi connectivity index (χ0v) is 12.1. The van der Waals surface area contributed by atoms with Gasteiger partial charge in [-0.2, -0.15) is 0 Å². The molecule has 4 nitrogen and oxygen atoms in total. The van der Waals surface area contributed by atoms with Gasteiger partial charge in [0, 0.05) is 23.8 Å². The van der Waals surface area contributed by atoms with Crippen molar-refractivity contribution in [1.82, 2.24) is 9.88 Å². The van der Waals surface area contributed by atoms with Gasteiger partial charge in [-0.1, -0.05) is 13.0 Å². The number of hydrogen-bond donors (Lipinski definition) is 1. The smallest absolute Gasteiger partial charge is 0.117 e. The van der Waals surface area contributed by atoms with Crippen molar-refractivity contribution in [2.24, 2.45) is 0 Å². The summed E-state index contributed by atoms with van der Waals surface area (Å²) in [6.45, 7) is 4.71. The van der Waals surface area contributed by atoms with Gasteiger partial charge in [0.25, 0.3) is 0 Å². The quantitative estimate of drug-likeness (QED) is 0.728. The van der Waals surface area contributed by atoms with Crippen molar-refractivity contribution in [1.29, 1.82) is 0 Å². The lowest BCUT2D eigenvalue weighted by Crippen LogP contribution is -2.22. The molecule has 4 heteroatoms. The standard InChI is InChI=1S/C17H19N3O/c1-2-20(12-14-5-4-10-21-14)11-13-7-8-16(18)15-6-3-9-19-17(13)15/h3-10H,2,11-12,18H2,1H3. The first-order valence-corrected chi connectivity index (χ1v) is 7.14. The van der Waals surface area contributed by atoms with E-state index in [4.69, 9.17) is 10.2 Å². The molecule has 0 aliphatic rings. The van der Waals surface area contributed by atoms with Crippen LogP contribution in [0.5, 0.6) is 0 Å². The summed E-state index contributed by atoms with van der Waals surface area (Å²) in [4.78, 5) is 6.81. The molecule has 1 aromatic carbocycles. The molecule has 0 atom stereocenters. The Morgan fingerprint density at radius 2 is 2.05 bits per heavy atom. The van der Waals surface area contributed by atoms with E-state index < -0.39 is 0 Å². The van der Waals surface area contributed by atoms with E-state index in [0.29, 0.717) is 0 Å². The summed E-state index contributed by atoms with van der Waals surface area (Å²) < 4.78 is 5.43. The lowest BCUT2D eigenvalue weighted by atomic mass is 10.1. The fourth-order valence-electron chi connectivity index (χ4n) is 2.52. The average molecular weight is 281 g/mol. The molecule has 2 N–H and O–H groups in total. The Hall–Kier alpha value is -2.33. The summed E-state index contributed by atoms with van der Waals surface area (Å²) in [6.07, 6.45) is 3.53.